The molecule has 2 aromatic rings. The molecule has 0 fully saturated rings. The fourth-order valence-electron chi connectivity index (χ4n) is 2.01. The number of halogens is 1. The fraction of sp³-hybridized carbons (Fsp3) is 0.250. The molecule has 1 aliphatic heterocycles. The SMILES string of the molecule is Brc1cccc2onc(C3=CCNCC3)c12. The van der Waals surface area contributed by atoms with Crippen molar-refractivity contribution >= 4 is 32.5 Å². The molecule has 0 spiro atoms. The van der Waals surface area contributed by atoms with E-state index in [0.717, 1.165) is 40.6 Å². The second-order valence-corrected chi connectivity index (χ2v) is 4.68. The molecule has 0 atom stereocenters. The molecule has 0 radical (unpaired) electrons. The predicted octanol–water partition coefficient (Wildman–Crippen LogP) is 2.97. The molecule has 0 aliphatic carbocycles. The number of benzene rings is 1. The quantitative estimate of drug-likeness (QED) is 0.872. The number of nitrogens with one attached hydrogen (secondary N) is 1. The molecule has 0 unspecified atom stereocenters. The lowest BCUT2D eigenvalue weighted by Gasteiger charge is -2.11. The van der Waals surface area contributed by atoms with Crippen molar-refractivity contribution < 1.29 is 4.52 Å². The number of hydrogen-bond donors (Lipinski definition) is 1. The zero-order valence-electron chi connectivity index (χ0n) is 8.66. The molecule has 1 N–H and O–H groups in total. The molecular weight excluding hydrogens is 268 g/mol. The maximum absolute atomic E-state index is 5.34. The highest BCUT2D eigenvalue weighted by Gasteiger charge is 2.16. The summed E-state index contributed by atoms with van der Waals surface area (Å²) in [5, 5.41) is 8.55. The first-order valence-corrected chi connectivity index (χ1v) is 6.09. The Hall–Kier alpha value is -1.13. The van der Waals surface area contributed by atoms with Gasteiger partial charge in [-0.05, 0) is 46.6 Å². The van der Waals surface area contributed by atoms with Crippen molar-refractivity contribution in [3.63, 3.8) is 0 Å². The summed E-state index contributed by atoms with van der Waals surface area (Å²) >= 11 is 3.55. The van der Waals surface area contributed by atoms with Crippen molar-refractivity contribution in [1.29, 1.82) is 0 Å². The third-order valence-electron chi connectivity index (χ3n) is 2.82. The van der Waals surface area contributed by atoms with Gasteiger partial charge in [0.15, 0.2) is 5.58 Å². The Morgan fingerprint density at radius 1 is 1.38 bits per heavy atom. The smallest absolute Gasteiger partial charge is 0.168 e. The Kier molecular flexibility index (Phi) is 2.53. The van der Waals surface area contributed by atoms with Gasteiger partial charge in [0.05, 0.1) is 5.39 Å². The number of hydrogen-bond acceptors (Lipinski definition) is 3. The van der Waals surface area contributed by atoms with Crippen LogP contribution in [0.3, 0.4) is 0 Å². The first-order chi connectivity index (χ1) is 7.86. The van der Waals surface area contributed by atoms with Crippen LogP contribution < -0.4 is 5.32 Å². The summed E-state index contributed by atoms with van der Waals surface area (Å²) in [6, 6.07) is 5.92. The van der Waals surface area contributed by atoms with E-state index in [4.69, 9.17) is 4.52 Å². The normalized spacial score (nSPS) is 16.4. The van der Waals surface area contributed by atoms with Crippen molar-refractivity contribution in [2.45, 2.75) is 6.42 Å². The van der Waals surface area contributed by atoms with Crippen molar-refractivity contribution in [3.8, 4) is 0 Å². The molecular formula is C12H11BrN2O. The maximum atomic E-state index is 5.34. The Morgan fingerprint density at radius 2 is 2.31 bits per heavy atom. The van der Waals surface area contributed by atoms with E-state index in [-0.39, 0.29) is 0 Å². The van der Waals surface area contributed by atoms with Crippen LogP contribution in [0.1, 0.15) is 12.1 Å². The van der Waals surface area contributed by atoms with E-state index in [1.807, 2.05) is 18.2 Å². The van der Waals surface area contributed by atoms with Gasteiger partial charge in [0.1, 0.15) is 5.69 Å². The average molecular weight is 279 g/mol. The maximum Gasteiger partial charge on any atom is 0.168 e. The molecule has 1 aliphatic rings. The number of fused-ring (bicyclic) bond motifs is 1. The molecule has 16 heavy (non-hydrogen) atoms. The van der Waals surface area contributed by atoms with Gasteiger partial charge >= 0.3 is 0 Å². The monoisotopic (exact) mass is 278 g/mol. The lowest BCUT2D eigenvalue weighted by molar-refractivity contribution is 0.453. The predicted molar refractivity (Wildman–Crippen MR) is 67.2 cm³/mol. The van der Waals surface area contributed by atoms with Gasteiger partial charge < -0.3 is 9.84 Å². The first kappa shape index (κ1) is 10.1. The van der Waals surface area contributed by atoms with Crippen molar-refractivity contribution in [2.75, 3.05) is 13.1 Å². The molecule has 0 amide bonds. The summed E-state index contributed by atoms with van der Waals surface area (Å²) in [4.78, 5) is 0. The minimum absolute atomic E-state index is 0.837. The van der Waals surface area contributed by atoms with Gasteiger partial charge in [0.25, 0.3) is 0 Å². The molecule has 1 aromatic carbocycles. The molecule has 0 bridgehead atoms. The van der Waals surface area contributed by atoms with Crippen LogP contribution in [0.2, 0.25) is 0 Å². The van der Waals surface area contributed by atoms with Gasteiger partial charge in [-0.15, -0.1) is 0 Å². The van der Waals surface area contributed by atoms with Gasteiger partial charge in [-0.25, -0.2) is 0 Å². The Balaban J connectivity index is 2.20. The molecule has 3 nitrogen and oxygen atoms in total. The van der Waals surface area contributed by atoms with E-state index in [2.05, 4.69) is 32.5 Å². The van der Waals surface area contributed by atoms with Crippen LogP contribution >= 0.6 is 15.9 Å². The summed E-state index contributed by atoms with van der Waals surface area (Å²) in [7, 11) is 0. The fourth-order valence-corrected chi connectivity index (χ4v) is 2.54. The second kappa shape index (κ2) is 4.03. The van der Waals surface area contributed by atoms with Crippen LogP contribution in [-0.2, 0) is 0 Å². The van der Waals surface area contributed by atoms with Crippen LogP contribution in [0.5, 0.6) is 0 Å². The number of aromatic nitrogens is 1. The van der Waals surface area contributed by atoms with Gasteiger partial charge in [-0.2, -0.15) is 0 Å². The van der Waals surface area contributed by atoms with Crippen LogP contribution in [0.4, 0.5) is 0 Å². The van der Waals surface area contributed by atoms with Gasteiger partial charge in [-0.3, -0.25) is 0 Å². The highest BCUT2D eigenvalue weighted by Crippen LogP contribution is 2.32. The third kappa shape index (κ3) is 1.58. The minimum Gasteiger partial charge on any atom is -0.356 e. The van der Waals surface area contributed by atoms with Crippen LogP contribution in [0, 0.1) is 0 Å². The standard InChI is InChI=1S/C12H11BrN2O/c13-9-2-1-3-10-11(9)12(15-16-10)8-4-6-14-7-5-8/h1-4,14H,5-7H2. The highest BCUT2D eigenvalue weighted by atomic mass is 79.9. The Morgan fingerprint density at radius 3 is 3.12 bits per heavy atom. The van der Waals surface area contributed by atoms with Crippen molar-refractivity contribution in [1.82, 2.24) is 10.5 Å². The molecule has 2 heterocycles. The molecule has 0 saturated carbocycles. The Labute approximate surface area is 102 Å². The van der Waals surface area contributed by atoms with Gasteiger partial charge in [-0.1, -0.05) is 17.3 Å². The van der Waals surface area contributed by atoms with Crippen LogP contribution in [-0.4, -0.2) is 18.2 Å². The highest BCUT2D eigenvalue weighted by molar-refractivity contribution is 9.10. The molecule has 82 valence electrons. The second-order valence-electron chi connectivity index (χ2n) is 3.83. The van der Waals surface area contributed by atoms with Crippen LogP contribution in [0.25, 0.3) is 16.5 Å². The van der Waals surface area contributed by atoms with Crippen molar-refractivity contribution in [3.05, 3.63) is 34.4 Å². The minimum atomic E-state index is 0.837. The lowest BCUT2D eigenvalue weighted by atomic mass is 10.0. The van der Waals surface area contributed by atoms with Gasteiger partial charge in [0.2, 0.25) is 0 Å². The van der Waals surface area contributed by atoms with E-state index in [1.165, 1.54) is 5.57 Å². The van der Waals surface area contributed by atoms with Crippen LogP contribution in [0.15, 0.2) is 33.3 Å². The number of rotatable bonds is 1. The largest absolute Gasteiger partial charge is 0.356 e. The van der Waals surface area contributed by atoms with E-state index < -0.39 is 0 Å². The van der Waals surface area contributed by atoms with Gasteiger partial charge in [0, 0.05) is 11.0 Å². The zero-order valence-corrected chi connectivity index (χ0v) is 10.3. The Bertz CT molecular complexity index is 559. The topological polar surface area (TPSA) is 38.1 Å². The summed E-state index contributed by atoms with van der Waals surface area (Å²) < 4.78 is 6.38. The summed E-state index contributed by atoms with van der Waals surface area (Å²) in [5.41, 5.74) is 3.08. The van der Waals surface area contributed by atoms with E-state index in [9.17, 15) is 0 Å². The zero-order chi connectivity index (χ0) is 11.0. The molecule has 1 aromatic heterocycles. The number of nitrogens with zero attached hydrogens (tertiary/aromatic N) is 1. The molecule has 3 rings (SSSR count). The summed E-state index contributed by atoms with van der Waals surface area (Å²) in [6.07, 6.45) is 3.18. The third-order valence-corrected chi connectivity index (χ3v) is 3.48. The summed E-state index contributed by atoms with van der Waals surface area (Å²) in [5.74, 6) is 0. The average Bonchev–Trinajstić information content (AvgIpc) is 2.75. The summed E-state index contributed by atoms with van der Waals surface area (Å²) in [6.45, 7) is 1.92. The van der Waals surface area contributed by atoms with E-state index in [0.29, 0.717) is 0 Å². The van der Waals surface area contributed by atoms with Crippen molar-refractivity contribution in [2.24, 2.45) is 0 Å². The molecule has 0 saturated heterocycles. The lowest BCUT2D eigenvalue weighted by Crippen LogP contribution is -2.20. The van der Waals surface area contributed by atoms with E-state index >= 15 is 0 Å². The molecule has 4 heteroatoms. The first-order valence-electron chi connectivity index (χ1n) is 5.30. The van der Waals surface area contributed by atoms with E-state index in [1.54, 1.807) is 0 Å².